The lowest BCUT2D eigenvalue weighted by molar-refractivity contribution is -0.153. The third-order valence-corrected chi connectivity index (χ3v) is 11.5. The molecule has 49 heavy (non-hydrogen) atoms. The van der Waals surface area contributed by atoms with E-state index in [9.17, 15) is 41.2 Å². The van der Waals surface area contributed by atoms with E-state index in [0.29, 0.717) is 17.3 Å². The number of nitrogens with zero attached hydrogens (tertiary/aromatic N) is 4. The molecule has 264 valence electrons. The number of rotatable bonds is 8. The number of halogens is 5. The molecule has 1 saturated carbocycles. The first-order valence-electron chi connectivity index (χ1n) is 15.1. The molecule has 3 amide bonds. The number of ether oxygens (including phenoxy) is 2. The first-order valence-corrected chi connectivity index (χ1v) is 17.8. The summed E-state index contributed by atoms with van der Waals surface area (Å²) in [6.45, 7) is 2.64. The summed E-state index contributed by atoms with van der Waals surface area (Å²) < 4.78 is 76.7. The van der Waals surface area contributed by atoms with E-state index in [0.717, 1.165) is 23.1 Å². The Labute approximate surface area is 293 Å². The van der Waals surface area contributed by atoms with Crippen LogP contribution in [0.4, 0.5) is 18.0 Å². The summed E-state index contributed by atoms with van der Waals surface area (Å²) in [6, 6.07) is 6.94. The number of amides is 3. The van der Waals surface area contributed by atoms with E-state index in [1.54, 1.807) is 32.9 Å². The summed E-state index contributed by atoms with van der Waals surface area (Å²) in [5, 5.41) is 10.5. The van der Waals surface area contributed by atoms with Crippen molar-refractivity contribution in [1.29, 1.82) is 5.26 Å². The van der Waals surface area contributed by atoms with Crippen molar-refractivity contribution in [3.63, 3.8) is 0 Å². The number of pyridine rings is 1. The Bertz CT molecular complexity index is 1800. The molecule has 12 nitrogen and oxygen atoms in total. The van der Waals surface area contributed by atoms with E-state index < -0.39 is 84.8 Å². The molecule has 2 aromatic rings. The minimum absolute atomic E-state index is 0.176. The summed E-state index contributed by atoms with van der Waals surface area (Å²) in [4.78, 5) is 47.7. The second-order valence-corrected chi connectivity index (χ2v) is 16.9. The highest BCUT2D eigenvalue weighted by molar-refractivity contribution is 9.10. The van der Waals surface area contributed by atoms with Crippen LogP contribution in [-0.4, -0.2) is 96.0 Å². The van der Waals surface area contributed by atoms with Crippen molar-refractivity contribution in [3.05, 3.63) is 51.7 Å². The smallest absolute Gasteiger partial charge is 0.422 e. The summed E-state index contributed by atoms with van der Waals surface area (Å²) in [7, 11) is -4.40. The first-order chi connectivity index (χ1) is 22.7. The van der Waals surface area contributed by atoms with Crippen LogP contribution in [0.5, 0.6) is 5.75 Å². The monoisotopic (exact) mass is 789 g/mol. The highest BCUT2D eigenvalue weighted by Gasteiger charge is 2.59. The molecule has 2 unspecified atom stereocenters. The molecule has 0 bridgehead atoms. The molecule has 2 saturated heterocycles. The Morgan fingerprint density at radius 3 is 2.37 bits per heavy atom. The fourth-order valence-electron chi connectivity index (χ4n) is 5.75. The zero-order chi connectivity index (χ0) is 36.2. The molecule has 3 aliphatic rings. The summed E-state index contributed by atoms with van der Waals surface area (Å²) in [5.41, 5.74) is -3.15. The quantitative estimate of drug-likeness (QED) is 0.405. The van der Waals surface area contributed by atoms with Crippen LogP contribution in [-0.2, 0) is 29.6 Å². The molecule has 0 radical (unpaired) electrons. The zero-order valence-corrected chi connectivity index (χ0v) is 29.7. The molecule has 0 spiro atoms. The SMILES string of the molecule is CC(C)(C)OC(=O)N1CC(C(=O)N2CC(S(=O)(=O)c3ccc(OCC(F)(F)F)cc3Cl)CC2C(=O)NC2(C#N)CC2)(c2ccc(Br)cn2)C1. The van der Waals surface area contributed by atoms with Crippen LogP contribution in [0.1, 0.15) is 45.7 Å². The lowest BCUT2D eigenvalue weighted by Crippen LogP contribution is -2.69. The summed E-state index contributed by atoms with van der Waals surface area (Å²) >= 11 is 9.56. The Hall–Kier alpha value is -3.62. The molecule has 1 aliphatic carbocycles. The van der Waals surface area contributed by atoms with Gasteiger partial charge in [-0.25, -0.2) is 13.2 Å². The van der Waals surface area contributed by atoms with E-state index in [1.165, 1.54) is 11.1 Å². The van der Waals surface area contributed by atoms with Gasteiger partial charge in [0, 0.05) is 36.4 Å². The van der Waals surface area contributed by atoms with E-state index in [4.69, 9.17) is 16.3 Å². The third kappa shape index (κ3) is 7.76. The molecule has 1 aromatic heterocycles. The third-order valence-electron chi connectivity index (χ3n) is 8.40. The van der Waals surface area contributed by atoms with Crippen LogP contribution < -0.4 is 10.1 Å². The van der Waals surface area contributed by atoms with Crippen LogP contribution in [0.25, 0.3) is 0 Å². The van der Waals surface area contributed by atoms with Crippen LogP contribution in [0.15, 0.2) is 45.9 Å². The van der Waals surface area contributed by atoms with Crippen molar-refractivity contribution in [2.24, 2.45) is 0 Å². The lowest BCUT2D eigenvalue weighted by atomic mass is 9.75. The van der Waals surface area contributed by atoms with Crippen molar-refractivity contribution in [2.75, 3.05) is 26.2 Å². The van der Waals surface area contributed by atoms with E-state index >= 15 is 0 Å². The molecule has 2 aliphatic heterocycles. The van der Waals surface area contributed by atoms with Gasteiger partial charge < -0.3 is 24.6 Å². The molecular weight excluding hydrogens is 759 g/mol. The van der Waals surface area contributed by atoms with Crippen LogP contribution in [0, 0.1) is 11.3 Å². The molecule has 3 fully saturated rings. The number of carbonyl (C=O) groups is 3. The molecule has 1 aromatic carbocycles. The van der Waals surface area contributed by atoms with Gasteiger partial charge in [0.1, 0.15) is 28.3 Å². The largest absolute Gasteiger partial charge is 0.484 e. The first kappa shape index (κ1) is 36.7. The highest BCUT2D eigenvalue weighted by atomic mass is 79.9. The van der Waals surface area contributed by atoms with Crippen molar-refractivity contribution in [3.8, 4) is 11.8 Å². The number of benzene rings is 1. The molecule has 3 heterocycles. The van der Waals surface area contributed by atoms with E-state index in [2.05, 4.69) is 31.0 Å². The summed E-state index contributed by atoms with van der Waals surface area (Å²) in [5.74, 6) is -1.70. The van der Waals surface area contributed by atoms with Crippen LogP contribution in [0.2, 0.25) is 5.02 Å². The van der Waals surface area contributed by atoms with Crippen LogP contribution >= 0.6 is 27.5 Å². The van der Waals surface area contributed by atoms with Crippen LogP contribution in [0.3, 0.4) is 0 Å². The lowest BCUT2D eigenvalue weighted by Gasteiger charge is -2.49. The maximum absolute atomic E-state index is 14.6. The fourth-order valence-corrected chi connectivity index (χ4v) is 8.22. The fraction of sp³-hybridized carbons (Fsp3) is 0.516. The predicted molar refractivity (Wildman–Crippen MR) is 171 cm³/mol. The number of hydrogen-bond donors (Lipinski definition) is 1. The normalized spacial score (nSPS) is 21.3. The number of sulfone groups is 1. The Kier molecular flexibility index (Phi) is 9.67. The standard InChI is InChI=1S/C31H32BrClF3N5O7S/c1-28(2,3)48-27(44)40-15-30(16-40,24-7-4-18(32)12-38-24)26(43)41-13-20(11-22(41)25(42)39-29(14-37)8-9-29)49(45,46)23-6-5-19(10-21(23)33)47-17-31(34,35)36/h4-7,10,12,20,22H,8-9,11,13,15-17H2,1-3H3,(H,39,42). The minimum Gasteiger partial charge on any atom is -0.484 e. The molecule has 5 rings (SSSR count). The molecule has 1 N–H and O–H groups in total. The van der Waals surface area contributed by atoms with E-state index in [1.807, 2.05) is 6.07 Å². The number of nitriles is 1. The Morgan fingerprint density at radius 2 is 1.84 bits per heavy atom. The van der Waals surface area contributed by atoms with Gasteiger partial charge in [-0.2, -0.15) is 18.4 Å². The maximum Gasteiger partial charge on any atom is 0.422 e. The Morgan fingerprint density at radius 1 is 1.16 bits per heavy atom. The van der Waals surface area contributed by atoms with E-state index in [-0.39, 0.29) is 31.0 Å². The number of likely N-dealkylation sites (tertiary alicyclic amines) is 2. The second kappa shape index (κ2) is 12.9. The highest BCUT2D eigenvalue weighted by Crippen LogP contribution is 2.42. The molecule has 2 atom stereocenters. The van der Waals surface area contributed by atoms with Gasteiger partial charge in [-0.15, -0.1) is 0 Å². The van der Waals surface area contributed by atoms with Gasteiger partial charge in [0.25, 0.3) is 0 Å². The number of alkyl halides is 3. The molecular formula is C31H32BrClF3N5O7S. The van der Waals surface area contributed by atoms with Gasteiger partial charge in [0.05, 0.1) is 26.9 Å². The van der Waals surface area contributed by atoms with Gasteiger partial charge >= 0.3 is 12.3 Å². The summed E-state index contributed by atoms with van der Waals surface area (Å²) in [6.07, 6.45) is -3.45. The minimum atomic E-state index is -4.63. The van der Waals surface area contributed by atoms with Crippen molar-refractivity contribution in [1.82, 2.24) is 20.1 Å². The topological polar surface area (TPSA) is 159 Å². The predicted octanol–water partition coefficient (Wildman–Crippen LogP) is 4.54. The average Bonchev–Trinajstić information content (AvgIpc) is 3.59. The van der Waals surface area contributed by atoms with Gasteiger partial charge in [-0.3, -0.25) is 14.6 Å². The second-order valence-electron chi connectivity index (χ2n) is 13.3. The Balaban J connectivity index is 1.48. The zero-order valence-electron chi connectivity index (χ0n) is 26.5. The number of nitrogens with one attached hydrogen (secondary N) is 1. The van der Waals surface area contributed by atoms with Gasteiger partial charge in [-0.1, -0.05) is 11.6 Å². The maximum atomic E-state index is 14.6. The number of carbonyl (C=O) groups excluding carboxylic acids is 3. The number of hydrogen-bond acceptors (Lipinski definition) is 9. The average molecular weight is 791 g/mol. The van der Waals surface area contributed by atoms with Gasteiger partial charge in [0.2, 0.25) is 11.8 Å². The van der Waals surface area contributed by atoms with Gasteiger partial charge in [-0.05, 0) is 80.2 Å². The molecule has 18 heteroatoms. The van der Waals surface area contributed by atoms with Crippen molar-refractivity contribution in [2.45, 2.75) is 79.0 Å². The van der Waals surface area contributed by atoms with Crippen molar-refractivity contribution >= 4 is 55.3 Å². The van der Waals surface area contributed by atoms with Crippen molar-refractivity contribution < 1.29 is 45.4 Å². The number of aromatic nitrogens is 1. The van der Waals surface area contributed by atoms with Gasteiger partial charge in [0.15, 0.2) is 16.4 Å².